The van der Waals surface area contributed by atoms with Crippen LogP contribution in [0.5, 0.6) is 0 Å². The number of fused-ring (bicyclic) bond motifs is 2. The summed E-state index contributed by atoms with van der Waals surface area (Å²) in [6.45, 7) is 5.30. The topological polar surface area (TPSA) is 119 Å². The van der Waals surface area contributed by atoms with Gasteiger partial charge in [-0.15, -0.1) is 5.10 Å². The fraction of sp³-hybridized carbons (Fsp3) is 0.273. The second kappa shape index (κ2) is 8.22. The highest BCUT2D eigenvalue weighted by atomic mass is 16.1. The van der Waals surface area contributed by atoms with Crippen molar-refractivity contribution in [3.63, 3.8) is 0 Å². The second-order valence-corrected chi connectivity index (χ2v) is 7.89. The van der Waals surface area contributed by atoms with Crippen LogP contribution < -0.4 is 5.32 Å². The second-order valence-electron chi connectivity index (χ2n) is 7.89. The lowest BCUT2D eigenvalue weighted by atomic mass is 10.1. The summed E-state index contributed by atoms with van der Waals surface area (Å²) in [6.07, 6.45) is 9.81. The number of amides is 1. The summed E-state index contributed by atoms with van der Waals surface area (Å²) in [5, 5.41) is 11.4. The molecule has 5 rings (SSSR count). The molecule has 10 heteroatoms. The van der Waals surface area contributed by atoms with Crippen molar-refractivity contribution in [3.05, 3.63) is 60.7 Å². The number of aromatic nitrogens is 8. The molecule has 1 amide bonds. The lowest BCUT2D eigenvalue weighted by molar-refractivity contribution is 0.0951. The van der Waals surface area contributed by atoms with E-state index in [1.54, 1.807) is 6.33 Å². The number of hydrogen-bond acceptors (Lipinski definition) is 6. The highest BCUT2D eigenvalue weighted by Crippen LogP contribution is 2.22. The number of aromatic amines is 1. The van der Waals surface area contributed by atoms with Crippen LogP contribution in [-0.4, -0.2) is 51.8 Å². The van der Waals surface area contributed by atoms with Gasteiger partial charge in [0, 0.05) is 30.5 Å². The van der Waals surface area contributed by atoms with Gasteiger partial charge < -0.3 is 14.7 Å². The predicted molar refractivity (Wildman–Crippen MR) is 119 cm³/mol. The Kier molecular flexibility index (Phi) is 5.10. The van der Waals surface area contributed by atoms with Crippen molar-refractivity contribution in [1.29, 1.82) is 0 Å². The van der Waals surface area contributed by atoms with Gasteiger partial charge in [0.25, 0.3) is 5.91 Å². The van der Waals surface area contributed by atoms with E-state index in [0.717, 1.165) is 35.4 Å². The molecule has 32 heavy (non-hydrogen) atoms. The standard InChI is InChI=1S/C22H23N9O/c1-3-24-22(32)18-9-25-21-17(27-18)8-15(26-21)7-14(2)11-31-12-19(28-29-31)16-5-4-6-30-13-23-10-20(16)30/h4-6,8-10,12-14H,3,7,11H2,1-2H3,(H,24,32)(H,25,26)/t14-/m0/s1. The number of carbonyl (C=O) groups is 1. The zero-order chi connectivity index (χ0) is 22.1. The van der Waals surface area contributed by atoms with Crippen molar-refractivity contribution >= 4 is 22.6 Å². The number of H-pyrrole nitrogens is 1. The molecule has 162 valence electrons. The summed E-state index contributed by atoms with van der Waals surface area (Å²) in [4.78, 5) is 28.3. The summed E-state index contributed by atoms with van der Waals surface area (Å²) in [5.74, 6) is 0.0813. The third-order valence-electron chi connectivity index (χ3n) is 5.29. The summed E-state index contributed by atoms with van der Waals surface area (Å²) in [7, 11) is 0. The summed E-state index contributed by atoms with van der Waals surface area (Å²) in [6, 6.07) is 5.95. The Labute approximate surface area is 183 Å². The first-order valence-corrected chi connectivity index (χ1v) is 10.5. The van der Waals surface area contributed by atoms with Crippen molar-refractivity contribution in [2.75, 3.05) is 6.54 Å². The predicted octanol–water partition coefficient (Wildman–Crippen LogP) is 2.49. The number of nitrogens with one attached hydrogen (secondary N) is 2. The van der Waals surface area contributed by atoms with Crippen molar-refractivity contribution in [2.45, 2.75) is 26.8 Å². The van der Waals surface area contributed by atoms with Gasteiger partial charge in [-0.2, -0.15) is 0 Å². The van der Waals surface area contributed by atoms with Crippen LogP contribution in [-0.2, 0) is 13.0 Å². The quantitative estimate of drug-likeness (QED) is 0.410. The molecule has 0 saturated heterocycles. The Morgan fingerprint density at radius 2 is 2.22 bits per heavy atom. The van der Waals surface area contributed by atoms with E-state index in [1.807, 2.05) is 52.8 Å². The molecule has 0 unspecified atom stereocenters. The van der Waals surface area contributed by atoms with Gasteiger partial charge in [-0.1, -0.05) is 12.1 Å². The molecule has 10 nitrogen and oxygen atoms in total. The van der Waals surface area contributed by atoms with Gasteiger partial charge in [0.1, 0.15) is 16.9 Å². The lowest BCUT2D eigenvalue weighted by Gasteiger charge is -2.09. The van der Waals surface area contributed by atoms with Gasteiger partial charge in [0.05, 0.1) is 30.4 Å². The van der Waals surface area contributed by atoms with Gasteiger partial charge in [-0.05, 0) is 37.5 Å². The molecule has 0 aliphatic heterocycles. The largest absolute Gasteiger partial charge is 0.351 e. The van der Waals surface area contributed by atoms with Gasteiger partial charge in [0.15, 0.2) is 5.65 Å². The Balaban J connectivity index is 1.29. The van der Waals surface area contributed by atoms with E-state index >= 15 is 0 Å². The Morgan fingerprint density at radius 3 is 3.09 bits per heavy atom. The lowest BCUT2D eigenvalue weighted by Crippen LogP contribution is -2.23. The zero-order valence-corrected chi connectivity index (χ0v) is 17.9. The van der Waals surface area contributed by atoms with Crippen LogP contribution in [0.1, 0.15) is 30.0 Å². The number of imidazole rings is 1. The molecular weight excluding hydrogens is 406 g/mol. The minimum atomic E-state index is -0.216. The first-order valence-electron chi connectivity index (χ1n) is 10.5. The molecule has 0 spiro atoms. The van der Waals surface area contributed by atoms with Gasteiger partial charge in [0.2, 0.25) is 0 Å². The number of pyridine rings is 1. The number of rotatable bonds is 7. The first-order chi connectivity index (χ1) is 15.6. The van der Waals surface area contributed by atoms with Gasteiger partial charge in [-0.25, -0.2) is 15.0 Å². The van der Waals surface area contributed by atoms with Crippen molar-refractivity contribution in [2.24, 2.45) is 5.92 Å². The molecular formula is C22H23N9O. The number of nitrogens with zero attached hydrogens (tertiary/aromatic N) is 7. The van der Waals surface area contributed by atoms with Crippen LogP contribution in [0.4, 0.5) is 0 Å². The Bertz CT molecular complexity index is 1400. The maximum Gasteiger partial charge on any atom is 0.271 e. The van der Waals surface area contributed by atoms with Crippen molar-refractivity contribution in [3.8, 4) is 11.3 Å². The van der Waals surface area contributed by atoms with E-state index < -0.39 is 0 Å². The summed E-state index contributed by atoms with van der Waals surface area (Å²) >= 11 is 0. The monoisotopic (exact) mass is 429 g/mol. The van der Waals surface area contributed by atoms with E-state index in [1.165, 1.54) is 6.20 Å². The van der Waals surface area contributed by atoms with Crippen LogP contribution in [0, 0.1) is 5.92 Å². The Morgan fingerprint density at radius 1 is 1.31 bits per heavy atom. The summed E-state index contributed by atoms with van der Waals surface area (Å²) < 4.78 is 3.83. The minimum Gasteiger partial charge on any atom is -0.351 e. The fourth-order valence-electron chi connectivity index (χ4n) is 3.86. The third kappa shape index (κ3) is 3.82. The minimum absolute atomic E-state index is 0.216. The molecule has 1 atom stereocenters. The number of carbonyl (C=O) groups excluding carboxylic acids is 1. The molecule has 0 fully saturated rings. The maximum atomic E-state index is 12.0. The third-order valence-corrected chi connectivity index (χ3v) is 5.29. The summed E-state index contributed by atoms with van der Waals surface area (Å²) in [5.41, 5.74) is 5.52. The molecule has 5 aromatic heterocycles. The van der Waals surface area contributed by atoms with E-state index in [0.29, 0.717) is 29.3 Å². The molecule has 0 aliphatic carbocycles. The van der Waals surface area contributed by atoms with Crippen LogP contribution in [0.2, 0.25) is 0 Å². The fourth-order valence-corrected chi connectivity index (χ4v) is 3.86. The van der Waals surface area contributed by atoms with E-state index in [2.05, 4.69) is 42.5 Å². The van der Waals surface area contributed by atoms with Gasteiger partial charge in [-0.3, -0.25) is 9.48 Å². The molecule has 5 aromatic rings. The smallest absolute Gasteiger partial charge is 0.271 e. The molecule has 0 bridgehead atoms. The zero-order valence-electron chi connectivity index (χ0n) is 17.9. The van der Waals surface area contributed by atoms with Crippen molar-refractivity contribution in [1.82, 2.24) is 44.6 Å². The normalized spacial score (nSPS) is 12.4. The average molecular weight is 429 g/mol. The average Bonchev–Trinajstić information content (AvgIpc) is 3.52. The molecule has 5 heterocycles. The van der Waals surface area contributed by atoms with Crippen LogP contribution in [0.3, 0.4) is 0 Å². The van der Waals surface area contributed by atoms with Gasteiger partial charge >= 0.3 is 0 Å². The Hall–Kier alpha value is -4.08. The maximum absolute atomic E-state index is 12.0. The van der Waals surface area contributed by atoms with Crippen LogP contribution in [0.15, 0.2) is 49.3 Å². The molecule has 0 aromatic carbocycles. The molecule has 0 aliphatic rings. The van der Waals surface area contributed by atoms with E-state index in [4.69, 9.17) is 0 Å². The van der Waals surface area contributed by atoms with Crippen molar-refractivity contribution < 1.29 is 4.79 Å². The van der Waals surface area contributed by atoms with E-state index in [9.17, 15) is 4.79 Å². The van der Waals surface area contributed by atoms with Crippen LogP contribution >= 0.6 is 0 Å². The highest BCUT2D eigenvalue weighted by molar-refractivity contribution is 5.93. The highest BCUT2D eigenvalue weighted by Gasteiger charge is 2.14. The SMILES string of the molecule is CCNC(=O)c1cnc2[nH]c(C[C@H](C)Cn3cc(-c4cccn5cncc45)nn3)cc2n1. The molecule has 2 N–H and O–H groups in total. The van der Waals surface area contributed by atoms with E-state index in [-0.39, 0.29) is 5.91 Å². The number of hydrogen-bond donors (Lipinski definition) is 2. The first kappa shape index (κ1) is 19.9. The van der Waals surface area contributed by atoms with Crippen LogP contribution in [0.25, 0.3) is 27.9 Å². The molecule has 0 radical (unpaired) electrons. The molecule has 0 saturated carbocycles.